The van der Waals surface area contributed by atoms with E-state index >= 15 is 0 Å². The standard InChI is InChI=1S/C36H31N3O6S2/c1-21-7-9-23(10-8-21)20-46-36-38-37-35(47-36)39-31(26-13-16-28(40)29(18-26)44-3)30(33(42)34(39)43)32(41)25-11-14-27(15-12-25)45-19-24-6-4-5-22(2)17-24/h4-18,31,40-41H,19-20H2,1-3H3/b32-30+. The number of aromatic nitrogens is 2. The molecule has 6 rings (SSSR count). The summed E-state index contributed by atoms with van der Waals surface area (Å²) in [5, 5.41) is 30.6. The molecule has 2 heterocycles. The Balaban J connectivity index is 1.32. The summed E-state index contributed by atoms with van der Waals surface area (Å²) in [6.45, 7) is 4.41. The Labute approximate surface area is 280 Å². The van der Waals surface area contributed by atoms with Crippen LogP contribution in [-0.2, 0) is 21.9 Å². The molecule has 1 aliphatic heterocycles. The van der Waals surface area contributed by atoms with E-state index in [2.05, 4.69) is 10.2 Å². The molecule has 1 aliphatic rings. The summed E-state index contributed by atoms with van der Waals surface area (Å²) < 4.78 is 11.9. The fraction of sp³-hybridized carbons (Fsp3) is 0.167. The zero-order valence-corrected chi connectivity index (χ0v) is 27.5. The number of anilines is 1. The smallest absolute Gasteiger partial charge is 0.301 e. The molecule has 4 aromatic carbocycles. The number of benzene rings is 4. The summed E-state index contributed by atoms with van der Waals surface area (Å²) in [5.74, 6) is -0.817. The van der Waals surface area contributed by atoms with E-state index in [1.54, 1.807) is 30.3 Å². The van der Waals surface area contributed by atoms with Crippen LogP contribution in [0.15, 0.2) is 101 Å². The topological polar surface area (TPSA) is 122 Å². The Morgan fingerprint density at radius 2 is 1.68 bits per heavy atom. The molecule has 1 atom stereocenters. The van der Waals surface area contributed by atoms with Crippen LogP contribution in [0.25, 0.3) is 5.76 Å². The van der Waals surface area contributed by atoms with E-state index in [1.807, 2.05) is 62.4 Å². The first-order chi connectivity index (χ1) is 22.7. The number of carbonyl (C=O) groups is 2. The van der Waals surface area contributed by atoms with Gasteiger partial charge in [0.2, 0.25) is 5.13 Å². The van der Waals surface area contributed by atoms with Crippen LogP contribution in [0.2, 0.25) is 0 Å². The molecule has 5 aromatic rings. The lowest BCUT2D eigenvalue weighted by Gasteiger charge is -2.23. The number of rotatable bonds is 10. The van der Waals surface area contributed by atoms with Gasteiger partial charge < -0.3 is 19.7 Å². The Bertz CT molecular complexity index is 1970. The van der Waals surface area contributed by atoms with Gasteiger partial charge in [-0.15, -0.1) is 10.2 Å². The summed E-state index contributed by atoms with van der Waals surface area (Å²) >= 11 is 2.65. The highest BCUT2D eigenvalue weighted by Gasteiger charge is 2.48. The van der Waals surface area contributed by atoms with Crippen molar-refractivity contribution in [1.29, 1.82) is 0 Å². The predicted octanol–water partition coefficient (Wildman–Crippen LogP) is 7.37. The lowest BCUT2D eigenvalue weighted by atomic mass is 9.95. The second-order valence-corrected chi connectivity index (χ2v) is 13.2. The highest BCUT2D eigenvalue weighted by Crippen LogP contribution is 2.45. The quantitative estimate of drug-likeness (QED) is 0.0518. The SMILES string of the molecule is COc1cc(C2/C(=C(\O)c3ccc(OCc4cccc(C)c4)cc3)C(=O)C(=O)N2c2nnc(SCc3ccc(C)cc3)s2)ccc1O. The van der Waals surface area contributed by atoms with Crippen molar-refractivity contribution in [3.63, 3.8) is 0 Å². The molecule has 1 saturated heterocycles. The number of ketones is 1. The molecule has 47 heavy (non-hydrogen) atoms. The number of ether oxygens (including phenoxy) is 2. The molecule has 1 fully saturated rings. The van der Waals surface area contributed by atoms with E-state index in [9.17, 15) is 19.8 Å². The van der Waals surface area contributed by atoms with E-state index in [0.717, 1.165) is 16.7 Å². The fourth-order valence-electron chi connectivity index (χ4n) is 5.23. The van der Waals surface area contributed by atoms with Crippen LogP contribution < -0.4 is 14.4 Å². The number of phenols is 1. The van der Waals surface area contributed by atoms with Gasteiger partial charge in [0.1, 0.15) is 18.1 Å². The number of methoxy groups -OCH3 is 1. The third-order valence-corrected chi connectivity index (χ3v) is 9.79. The number of thioether (sulfide) groups is 1. The van der Waals surface area contributed by atoms with Gasteiger partial charge in [-0.1, -0.05) is 88.8 Å². The Hall–Kier alpha value is -5.13. The van der Waals surface area contributed by atoms with Crippen molar-refractivity contribution >= 4 is 45.7 Å². The first kappa shape index (κ1) is 31.8. The minimum atomic E-state index is -1.07. The summed E-state index contributed by atoms with van der Waals surface area (Å²) in [7, 11) is 1.40. The number of Topliss-reactive ketones (excluding diaryl/α,β-unsaturated/α-hetero) is 1. The van der Waals surface area contributed by atoms with Gasteiger partial charge in [-0.25, -0.2) is 0 Å². The highest BCUT2D eigenvalue weighted by atomic mass is 32.2. The molecule has 2 N–H and O–H groups in total. The van der Waals surface area contributed by atoms with E-state index in [-0.39, 0.29) is 28.0 Å². The Morgan fingerprint density at radius 1 is 0.915 bits per heavy atom. The van der Waals surface area contributed by atoms with Crippen LogP contribution in [0.1, 0.15) is 39.4 Å². The number of carbonyl (C=O) groups excluding carboxylic acids is 2. The van der Waals surface area contributed by atoms with E-state index < -0.39 is 17.7 Å². The number of hydrogen-bond acceptors (Lipinski definition) is 10. The molecule has 1 aromatic heterocycles. The Morgan fingerprint density at radius 3 is 2.40 bits per heavy atom. The maximum atomic E-state index is 13.6. The number of nitrogens with zero attached hydrogens (tertiary/aromatic N) is 3. The van der Waals surface area contributed by atoms with Crippen molar-refractivity contribution in [2.75, 3.05) is 12.0 Å². The largest absolute Gasteiger partial charge is 0.507 e. The number of hydrogen-bond donors (Lipinski definition) is 2. The highest BCUT2D eigenvalue weighted by molar-refractivity contribution is 8.00. The minimum Gasteiger partial charge on any atom is -0.507 e. The van der Waals surface area contributed by atoms with Gasteiger partial charge in [-0.2, -0.15) is 0 Å². The monoisotopic (exact) mass is 665 g/mol. The predicted molar refractivity (Wildman–Crippen MR) is 182 cm³/mol. The van der Waals surface area contributed by atoms with Gasteiger partial charge >= 0.3 is 5.91 Å². The minimum absolute atomic E-state index is 0.111. The summed E-state index contributed by atoms with van der Waals surface area (Å²) in [6, 6.07) is 26.3. The van der Waals surface area contributed by atoms with Crippen LogP contribution >= 0.6 is 23.1 Å². The molecule has 0 saturated carbocycles. The number of phenolic OH excluding ortho intramolecular Hbond substituents is 1. The average molecular weight is 666 g/mol. The van der Waals surface area contributed by atoms with E-state index in [4.69, 9.17) is 9.47 Å². The molecule has 0 bridgehead atoms. The van der Waals surface area contributed by atoms with Crippen molar-refractivity contribution in [2.24, 2.45) is 0 Å². The van der Waals surface area contributed by atoms with Crippen molar-refractivity contribution in [1.82, 2.24) is 10.2 Å². The lowest BCUT2D eigenvalue weighted by Crippen LogP contribution is -2.29. The van der Waals surface area contributed by atoms with Crippen LogP contribution in [0.4, 0.5) is 5.13 Å². The summed E-state index contributed by atoms with van der Waals surface area (Å²) in [4.78, 5) is 28.5. The van der Waals surface area contributed by atoms with Gasteiger partial charge in [-0.3, -0.25) is 14.5 Å². The van der Waals surface area contributed by atoms with Crippen molar-refractivity contribution in [3.05, 3.63) is 130 Å². The average Bonchev–Trinajstić information content (AvgIpc) is 3.65. The maximum absolute atomic E-state index is 13.6. The molecular formula is C36H31N3O6S2. The van der Waals surface area contributed by atoms with Crippen LogP contribution in [-0.4, -0.2) is 39.2 Å². The molecular weight excluding hydrogens is 635 g/mol. The van der Waals surface area contributed by atoms with Crippen molar-refractivity contribution in [3.8, 4) is 17.2 Å². The van der Waals surface area contributed by atoms with Crippen LogP contribution in [0.5, 0.6) is 17.2 Å². The number of aliphatic hydroxyl groups excluding tert-OH is 1. The second kappa shape index (κ2) is 13.7. The molecule has 0 spiro atoms. The zero-order chi connectivity index (χ0) is 33.1. The molecule has 0 aliphatic carbocycles. The normalized spacial score (nSPS) is 15.6. The van der Waals surface area contributed by atoms with Gasteiger partial charge in [-0.05, 0) is 66.9 Å². The third kappa shape index (κ3) is 6.86. The number of aromatic hydroxyl groups is 1. The molecule has 11 heteroatoms. The molecule has 1 unspecified atom stereocenters. The second-order valence-electron chi connectivity index (χ2n) is 11.0. The fourth-order valence-corrected chi connectivity index (χ4v) is 7.05. The number of aryl methyl sites for hydroxylation is 2. The first-order valence-electron chi connectivity index (χ1n) is 14.7. The van der Waals surface area contributed by atoms with Gasteiger partial charge in [0.05, 0.1) is 18.7 Å². The van der Waals surface area contributed by atoms with Gasteiger partial charge in [0, 0.05) is 11.3 Å². The van der Waals surface area contributed by atoms with Crippen LogP contribution in [0, 0.1) is 13.8 Å². The number of aliphatic hydroxyl groups is 1. The lowest BCUT2D eigenvalue weighted by molar-refractivity contribution is -0.132. The van der Waals surface area contributed by atoms with Crippen molar-refractivity contribution in [2.45, 2.75) is 36.6 Å². The molecule has 1 amide bonds. The zero-order valence-electron chi connectivity index (χ0n) is 25.8. The summed E-state index contributed by atoms with van der Waals surface area (Å²) in [5.41, 5.74) is 5.07. The van der Waals surface area contributed by atoms with Crippen LogP contribution in [0.3, 0.4) is 0 Å². The maximum Gasteiger partial charge on any atom is 0.301 e. The van der Waals surface area contributed by atoms with E-state index in [1.165, 1.54) is 52.8 Å². The first-order valence-corrected chi connectivity index (χ1v) is 16.5. The van der Waals surface area contributed by atoms with Crippen molar-refractivity contribution < 1.29 is 29.3 Å². The summed E-state index contributed by atoms with van der Waals surface area (Å²) in [6.07, 6.45) is 0. The molecule has 9 nitrogen and oxygen atoms in total. The van der Waals surface area contributed by atoms with E-state index in [0.29, 0.717) is 33.6 Å². The molecule has 0 radical (unpaired) electrons. The molecule has 238 valence electrons. The third-order valence-electron chi connectivity index (χ3n) is 7.66. The Kier molecular flexibility index (Phi) is 9.28. The van der Waals surface area contributed by atoms with Gasteiger partial charge in [0.25, 0.3) is 5.78 Å². The number of amides is 1. The van der Waals surface area contributed by atoms with Gasteiger partial charge in [0.15, 0.2) is 15.8 Å².